The number of hydrogen-bond donors (Lipinski definition) is 1. The summed E-state index contributed by atoms with van der Waals surface area (Å²) >= 11 is 0. The summed E-state index contributed by atoms with van der Waals surface area (Å²) in [7, 11) is 0. The molecule has 0 saturated heterocycles. The van der Waals surface area contributed by atoms with E-state index in [0.29, 0.717) is 19.6 Å². The number of ether oxygens (including phenoxy) is 1. The number of nitrogens with one attached hydrogen (secondary N) is 1. The first kappa shape index (κ1) is 25.3. The third kappa shape index (κ3) is 5.62. The van der Waals surface area contributed by atoms with Gasteiger partial charge in [-0.15, -0.1) is 0 Å². The van der Waals surface area contributed by atoms with Crippen LogP contribution in [-0.4, -0.2) is 22.1 Å². The van der Waals surface area contributed by atoms with E-state index in [-0.39, 0.29) is 11.9 Å². The number of imidazole rings is 1. The lowest BCUT2D eigenvalue weighted by molar-refractivity contribution is -0.121. The molecule has 1 amide bonds. The molecule has 0 aliphatic carbocycles. The molecule has 1 aromatic heterocycles. The van der Waals surface area contributed by atoms with Crippen LogP contribution in [0.2, 0.25) is 0 Å². The molecule has 5 rings (SSSR count). The van der Waals surface area contributed by atoms with Gasteiger partial charge in [0.15, 0.2) is 0 Å². The Hall–Kier alpha value is -4.38. The highest BCUT2D eigenvalue weighted by molar-refractivity contribution is 5.80. The largest absolute Gasteiger partial charge is 0.491 e. The molecular formula is C33H33N3O2. The van der Waals surface area contributed by atoms with Crippen LogP contribution in [-0.2, 0) is 17.8 Å². The maximum Gasteiger partial charge on any atom is 0.224 e. The van der Waals surface area contributed by atoms with Gasteiger partial charge in [0.05, 0.1) is 30.0 Å². The Labute approximate surface area is 224 Å². The van der Waals surface area contributed by atoms with Gasteiger partial charge in [-0.3, -0.25) is 4.79 Å². The zero-order valence-corrected chi connectivity index (χ0v) is 22.1. The van der Waals surface area contributed by atoms with Crippen molar-refractivity contribution in [3.05, 3.63) is 120 Å². The number of carbonyl (C=O) groups is 1. The molecule has 5 nitrogen and oxygen atoms in total. The molecule has 38 heavy (non-hydrogen) atoms. The van der Waals surface area contributed by atoms with Crippen molar-refractivity contribution in [3.8, 4) is 16.9 Å². The molecule has 5 aromatic rings. The fraction of sp³-hybridized carbons (Fsp3) is 0.212. The van der Waals surface area contributed by atoms with Crippen LogP contribution in [0.5, 0.6) is 5.75 Å². The van der Waals surface area contributed by atoms with Crippen molar-refractivity contribution in [3.63, 3.8) is 0 Å². The van der Waals surface area contributed by atoms with Gasteiger partial charge in [-0.25, -0.2) is 4.98 Å². The summed E-state index contributed by atoms with van der Waals surface area (Å²) < 4.78 is 8.35. The van der Waals surface area contributed by atoms with Gasteiger partial charge in [-0.2, -0.15) is 0 Å². The predicted molar refractivity (Wildman–Crippen MR) is 153 cm³/mol. The molecule has 1 unspecified atom stereocenters. The minimum absolute atomic E-state index is 0.0321. The van der Waals surface area contributed by atoms with Gasteiger partial charge in [0.2, 0.25) is 5.91 Å². The molecule has 0 bridgehead atoms. The number of amides is 1. The number of carbonyl (C=O) groups excluding carboxylic acids is 1. The Balaban J connectivity index is 1.27. The average Bonchev–Trinajstić information content (AvgIpc) is 3.30. The molecule has 4 aromatic carbocycles. The predicted octanol–water partition coefficient (Wildman–Crippen LogP) is 6.82. The Morgan fingerprint density at radius 2 is 1.50 bits per heavy atom. The van der Waals surface area contributed by atoms with E-state index in [1.54, 1.807) is 0 Å². The van der Waals surface area contributed by atoms with Gasteiger partial charge < -0.3 is 14.6 Å². The van der Waals surface area contributed by atoms with Crippen LogP contribution < -0.4 is 10.1 Å². The van der Waals surface area contributed by atoms with Crippen molar-refractivity contribution < 1.29 is 9.53 Å². The number of nitrogens with zero attached hydrogens (tertiary/aromatic N) is 2. The molecule has 0 aliphatic rings. The zero-order valence-electron chi connectivity index (χ0n) is 22.1. The Morgan fingerprint density at radius 1 is 0.842 bits per heavy atom. The van der Waals surface area contributed by atoms with Gasteiger partial charge in [0.25, 0.3) is 0 Å². The third-order valence-corrected chi connectivity index (χ3v) is 6.84. The van der Waals surface area contributed by atoms with Crippen molar-refractivity contribution in [2.24, 2.45) is 0 Å². The van der Waals surface area contributed by atoms with Crippen LogP contribution in [0, 0.1) is 13.8 Å². The average molecular weight is 504 g/mol. The molecule has 192 valence electrons. The number of hydrogen-bond acceptors (Lipinski definition) is 3. The molecule has 0 radical (unpaired) electrons. The second kappa shape index (κ2) is 11.3. The van der Waals surface area contributed by atoms with E-state index >= 15 is 0 Å². The van der Waals surface area contributed by atoms with Crippen LogP contribution in [0.3, 0.4) is 0 Å². The Morgan fingerprint density at radius 3 is 2.24 bits per heavy atom. The number of rotatable bonds is 9. The SMILES string of the molecule is Cc1cccc(C)c1OCCn1c(C(C)NC(=O)Cc2ccc(-c3ccccc3)cc2)nc2ccccc21. The van der Waals surface area contributed by atoms with Crippen LogP contribution in [0.4, 0.5) is 0 Å². The summed E-state index contributed by atoms with van der Waals surface area (Å²) in [5, 5.41) is 3.16. The topological polar surface area (TPSA) is 56.1 Å². The summed E-state index contributed by atoms with van der Waals surface area (Å²) in [6.45, 7) is 7.25. The summed E-state index contributed by atoms with van der Waals surface area (Å²) in [5.41, 5.74) is 7.47. The lowest BCUT2D eigenvalue weighted by Crippen LogP contribution is -2.30. The monoisotopic (exact) mass is 503 g/mol. The van der Waals surface area contributed by atoms with E-state index in [2.05, 4.69) is 66.2 Å². The quantitative estimate of drug-likeness (QED) is 0.240. The fourth-order valence-electron chi connectivity index (χ4n) is 4.91. The highest BCUT2D eigenvalue weighted by atomic mass is 16.5. The molecule has 0 fully saturated rings. The standard InChI is InChI=1S/C33H33N3O2/c1-23-10-9-11-24(2)32(23)38-21-20-36-30-15-8-7-14-29(30)35-33(36)25(3)34-31(37)22-26-16-18-28(19-17-26)27-12-5-4-6-13-27/h4-19,25H,20-22H2,1-3H3,(H,34,37). The van der Waals surface area contributed by atoms with Crippen molar-refractivity contribution in [1.82, 2.24) is 14.9 Å². The molecule has 1 heterocycles. The van der Waals surface area contributed by atoms with Crippen molar-refractivity contribution in [1.29, 1.82) is 0 Å². The van der Waals surface area contributed by atoms with E-state index in [1.165, 1.54) is 0 Å². The van der Waals surface area contributed by atoms with E-state index in [0.717, 1.165) is 50.4 Å². The van der Waals surface area contributed by atoms with Crippen LogP contribution in [0.25, 0.3) is 22.2 Å². The zero-order chi connectivity index (χ0) is 26.5. The molecule has 1 N–H and O–H groups in total. The van der Waals surface area contributed by atoms with Crippen molar-refractivity contribution >= 4 is 16.9 Å². The lowest BCUT2D eigenvalue weighted by atomic mass is 10.0. The van der Waals surface area contributed by atoms with Crippen LogP contribution >= 0.6 is 0 Å². The van der Waals surface area contributed by atoms with Gasteiger partial charge in [-0.1, -0.05) is 84.9 Å². The number of fused-ring (bicyclic) bond motifs is 1. The van der Waals surface area contributed by atoms with Gasteiger partial charge in [0, 0.05) is 0 Å². The van der Waals surface area contributed by atoms with Gasteiger partial charge >= 0.3 is 0 Å². The van der Waals surface area contributed by atoms with E-state index in [1.807, 2.05) is 61.5 Å². The van der Waals surface area contributed by atoms with Crippen LogP contribution in [0.1, 0.15) is 35.5 Å². The van der Waals surface area contributed by atoms with E-state index in [4.69, 9.17) is 9.72 Å². The first-order valence-corrected chi connectivity index (χ1v) is 13.1. The summed E-state index contributed by atoms with van der Waals surface area (Å²) in [6, 6.07) is 32.4. The van der Waals surface area contributed by atoms with Crippen molar-refractivity contribution in [2.45, 2.75) is 39.8 Å². The number of aryl methyl sites for hydroxylation is 2. The molecule has 0 aliphatic heterocycles. The third-order valence-electron chi connectivity index (χ3n) is 6.84. The summed E-state index contributed by atoms with van der Waals surface area (Å²) in [5.74, 6) is 1.72. The Bertz CT molecular complexity index is 1520. The molecular weight excluding hydrogens is 470 g/mol. The van der Waals surface area contributed by atoms with Gasteiger partial charge in [0.1, 0.15) is 18.2 Å². The smallest absolute Gasteiger partial charge is 0.224 e. The molecule has 5 heteroatoms. The minimum atomic E-state index is -0.251. The lowest BCUT2D eigenvalue weighted by Gasteiger charge is -2.18. The normalized spacial score (nSPS) is 11.9. The van der Waals surface area contributed by atoms with Crippen LogP contribution in [0.15, 0.2) is 97.1 Å². The number of para-hydroxylation sites is 3. The highest BCUT2D eigenvalue weighted by Crippen LogP contribution is 2.24. The van der Waals surface area contributed by atoms with E-state index in [9.17, 15) is 4.79 Å². The summed E-state index contributed by atoms with van der Waals surface area (Å²) in [6.07, 6.45) is 0.315. The second-order valence-corrected chi connectivity index (χ2v) is 9.71. The molecule has 1 atom stereocenters. The fourth-order valence-corrected chi connectivity index (χ4v) is 4.91. The minimum Gasteiger partial charge on any atom is -0.491 e. The second-order valence-electron chi connectivity index (χ2n) is 9.71. The maximum atomic E-state index is 13.0. The first-order chi connectivity index (χ1) is 18.5. The molecule has 0 saturated carbocycles. The maximum absolute atomic E-state index is 13.0. The number of aromatic nitrogens is 2. The van der Waals surface area contributed by atoms with Gasteiger partial charge in [-0.05, 0) is 60.7 Å². The van der Waals surface area contributed by atoms with Crippen molar-refractivity contribution in [2.75, 3.05) is 6.61 Å². The Kier molecular flexibility index (Phi) is 7.55. The van der Waals surface area contributed by atoms with E-state index < -0.39 is 0 Å². The highest BCUT2D eigenvalue weighted by Gasteiger charge is 2.19. The molecule has 0 spiro atoms. The number of benzene rings is 4. The summed E-state index contributed by atoms with van der Waals surface area (Å²) in [4.78, 5) is 17.9. The first-order valence-electron chi connectivity index (χ1n) is 13.1.